The molecule has 0 saturated carbocycles. The van der Waals surface area contributed by atoms with Gasteiger partial charge in [-0.15, -0.1) is 0 Å². The number of hydrogen-bond donors (Lipinski definition) is 1. The second-order valence-corrected chi connectivity index (χ2v) is 8.28. The number of aryl methyl sites for hydroxylation is 1. The molecule has 6 nitrogen and oxygen atoms in total. The summed E-state index contributed by atoms with van der Waals surface area (Å²) in [5, 5.41) is 2.85. The molecule has 0 bridgehead atoms. The Morgan fingerprint density at radius 3 is 2.30 bits per heavy atom. The van der Waals surface area contributed by atoms with Gasteiger partial charge in [-0.2, -0.15) is 4.31 Å². The highest BCUT2D eigenvalue weighted by atomic mass is 32.2. The molecule has 27 heavy (non-hydrogen) atoms. The van der Waals surface area contributed by atoms with E-state index in [1.807, 2.05) is 31.2 Å². The fourth-order valence-electron chi connectivity index (χ4n) is 2.82. The molecule has 1 N–H and O–H groups in total. The molecule has 0 unspecified atom stereocenters. The number of sulfonamides is 1. The van der Waals surface area contributed by atoms with Gasteiger partial charge in [0, 0.05) is 24.4 Å². The maximum absolute atomic E-state index is 12.7. The van der Waals surface area contributed by atoms with Crippen molar-refractivity contribution in [2.45, 2.75) is 18.2 Å². The molecular weight excluding hydrogens is 364 g/mol. The molecule has 1 amide bonds. The Hall–Kier alpha value is -2.64. The van der Waals surface area contributed by atoms with E-state index in [1.54, 1.807) is 18.2 Å². The Kier molecular flexibility index (Phi) is 5.62. The van der Waals surface area contributed by atoms with Crippen LogP contribution in [-0.2, 0) is 14.8 Å². The minimum Gasteiger partial charge on any atom is -0.497 e. The van der Waals surface area contributed by atoms with Gasteiger partial charge in [0.15, 0.2) is 0 Å². The number of hydrogen-bond acceptors (Lipinski definition) is 4. The van der Waals surface area contributed by atoms with Crippen molar-refractivity contribution in [3.63, 3.8) is 0 Å². The number of carbonyl (C=O) groups excluding carboxylic acids is 1. The first kappa shape index (κ1) is 19.1. The number of anilines is 1. The maximum atomic E-state index is 12.7. The van der Waals surface area contributed by atoms with E-state index in [4.69, 9.17) is 4.74 Å². The molecule has 0 aromatic heterocycles. The summed E-state index contributed by atoms with van der Waals surface area (Å²) in [5.41, 5.74) is 2.43. The summed E-state index contributed by atoms with van der Waals surface area (Å²) in [5.74, 6) is 0.405. The van der Waals surface area contributed by atoms with Crippen LogP contribution in [0.3, 0.4) is 0 Å². The van der Waals surface area contributed by atoms with Gasteiger partial charge < -0.3 is 10.1 Å². The average Bonchev–Trinajstić information content (AvgIpc) is 2.70. The zero-order valence-electron chi connectivity index (χ0n) is 15.3. The van der Waals surface area contributed by atoms with Crippen molar-refractivity contribution in [3.8, 4) is 5.75 Å². The number of amides is 1. The summed E-state index contributed by atoms with van der Waals surface area (Å²) in [6, 6.07) is 13.8. The Labute approximate surface area is 159 Å². The average molecular weight is 386 g/mol. The van der Waals surface area contributed by atoms with Crippen molar-refractivity contribution in [1.29, 1.82) is 0 Å². The number of ether oxygens (including phenoxy) is 1. The number of nitrogens with zero attached hydrogens (tertiary/aromatic N) is 1. The third kappa shape index (κ3) is 4.37. The van der Waals surface area contributed by atoms with Crippen LogP contribution in [0, 0.1) is 6.92 Å². The largest absolute Gasteiger partial charge is 0.497 e. The van der Waals surface area contributed by atoms with Crippen LogP contribution in [0.5, 0.6) is 5.75 Å². The van der Waals surface area contributed by atoms with Crippen molar-refractivity contribution in [1.82, 2.24) is 4.31 Å². The molecule has 0 fully saturated rings. The van der Waals surface area contributed by atoms with Crippen LogP contribution in [0.4, 0.5) is 5.69 Å². The van der Waals surface area contributed by atoms with Gasteiger partial charge in [0.25, 0.3) is 5.91 Å². The smallest absolute Gasteiger partial charge is 0.251 e. The topological polar surface area (TPSA) is 75.7 Å². The highest BCUT2D eigenvalue weighted by Crippen LogP contribution is 2.23. The van der Waals surface area contributed by atoms with Crippen molar-refractivity contribution in [2.24, 2.45) is 0 Å². The summed E-state index contributed by atoms with van der Waals surface area (Å²) in [6.45, 7) is 2.42. The molecule has 3 rings (SSSR count). The van der Waals surface area contributed by atoms with Gasteiger partial charge in [0.2, 0.25) is 10.0 Å². The van der Waals surface area contributed by atoms with Gasteiger partial charge >= 0.3 is 0 Å². The monoisotopic (exact) mass is 386 g/mol. The minimum atomic E-state index is -3.60. The van der Waals surface area contributed by atoms with Gasteiger partial charge in [0.05, 0.1) is 12.0 Å². The number of rotatable bonds is 5. The molecule has 7 heteroatoms. The van der Waals surface area contributed by atoms with Gasteiger partial charge in [-0.05, 0) is 49.7 Å². The fourth-order valence-corrected chi connectivity index (χ4v) is 4.20. The molecule has 0 radical (unpaired) electrons. The molecule has 2 aromatic carbocycles. The zero-order chi connectivity index (χ0) is 19.4. The predicted octanol–water partition coefficient (Wildman–Crippen LogP) is 2.96. The summed E-state index contributed by atoms with van der Waals surface area (Å²) >= 11 is 0. The first-order chi connectivity index (χ1) is 12.9. The van der Waals surface area contributed by atoms with E-state index in [0.29, 0.717) is 17.7 Å². The fraction of sp³-hybridized carbons (Fsp3) is 0.250. The van der Waals surface area contributed by atoms with Gasteiger partial charge in [-0.3, -0.25) is 4.79 Å². The maximum Gasteiger partial charge on any atom is 0.251 e. The van der Waals surface area contributed by atoms with Gasteiger partial charge in [-0.25, -0.2) is 8.42 Å². The van der Waals surface area contributed by atoms with Crippen LogP contribution >= 0.6 is 0 Å². The summed E-state index contributed by atoms with van der Waals surface area (Å²) in [4.78, 5) is 12.6. The molecule has 0 saturated heterocycles. The van der Waals surface area contributed by atoms with Crippen LogP contribution in [0.25, 0.3) is 0 Å². The lowest BCUT2D eigenvalue weighted by atomic mass is 10.1. The third-order valence-corrected chi connectivity index (χ3v) is 6.35. The lowest BCUT2D eigenvalue weighted by molar-refractivity contribution is -0.113. The van der Waals surface area contributed by atoms with E-state index < -0.39 is 10.0 Å². The highest BCUT2D eigenvalue weighted by molar-refractivity contribution is 7.89. The molecule has 1 aliphatic rings. The van der Waals surface area contributed by atoms with E-state index in [9.17, 15) is 13.2 Å². The first-order valence-electron chi connectivity index (χ1n) is 8.61. The molecule has 2 aromatic rings. The number of carbonyl (C=O) groups is 1. The SMILES string of the molecule is COc1ccc(S(=O)(=O)N2CC=C(C(=O)Nc3ccc(C)cc3)CC2)cc1. The third-order valence-electron chi connectivity index (χ3n) is 4.47. The van der Waals surface area contributed by atoms with Crippen molar-refractivity contribution in [2.75, 3.05) is 25.5 Å². The van der Waals surface area contributed by atoms with E-state index >= 15 is 0 Å². The molecule has 1 aliphatic heterocycles. The predicted molar refractivity (Wildman–Crippen MR) is 104 cm³/mol. The van der Waals surface area contributed by atoms with Crippen molar-refractivity contribution >= 4 is 21.6 Å². The zero-order valence-corrected chi connectivity index (χ0v) is 16.1. The number of nitrogens with one attached hydrogen (secondary N) is 1. The van der Waals surface area contributed by atoms with E-state index in [2.05, 4.69) is 5.32 Å². The van der Waals surface area contributed by atoms with E-state index in [-0.39, 0.29) is 23.9 Å². The summed E-state index contributed by atoms with van der Waals surface area (Å²) < 4.78 is 31.9. The lowest BCUT2D eigenvalue weighted by Gasteiger charge is -2.25. The second-order valence-electron chi connectivity index (χ2n) is 6.34. The van der Waals surface area contributed by atoms with Crippen LogP contribution in [0.2, 0.25) is 0 Å². The molecule has 0 spiro atoms. The Bertz CT molecular complexity index is 948. The molecule has 0 atom stereocenters. The van der Waals surface area contributed by atoms with Gasteiger partial charge in [-0.1, -0.05) is 23.8 Å². The molecular formula is C20H22N2O4S. The molecule has 142 valence electrons. The lowest BCUT2D eigenvalue weighted by Crippen LogP contribution is -2.36. The van der Waals surface area contributed by atoms with Crippen molar-refractivity contribution in [3.05, 3.63) is 65.7 Å². The quantitative estimate of drug-likeness (QED) is 0.857. The van der Waals surface area contributed by atoms with Crippen LogP contribution in [0.15, 0.2) is 65.1 Å². The highest BCUT2D eigenvalue weighted by Gasteiger charge is 2.27. The summed E-state index contributed by atoms with van der Waals surface area (Å²) in [7, 11) is -2.07. The minimum absolute atomic E-state index is 0.172. The summed E-state index contributed by atoms with van der Waals surface area (Å²) in [6.07, 6.45) is 2.04. The van der Waals surface area contributed by atoms with Crippen LogP contribution in [-0.4, -0.2) is 38.8 Å². The Balaban J connectivity index is 1.67. The normalized spacial score (nSPS) is 15.1. The number of methoxy groups -OCH3 is 1. The number of benzene rings is 2. The standard InChI is InChI=1S/C20H22N2O4S/c1-15-3-5-17(6-4-15)21-20(23)16-11-13-22(14-12-16)27(24,25)19-9-7-18(26-2)8-10-19/h3-11H,12-14H2,1-2H3,(H,21,23). The molecule has 0 aliphatic carbocycles. The Morgan fingerprint density at radius 1 is 1.07 bits per heavy atom. The van der Waals surface area contributed by atoms with E-state index in [0.717, 1.165) is 11.3 Å². The van der Waals surface area contributed by atoms with Crippen molar-refractivity contribution < 1.29 is 17.9 Å². The van der Waals surface area contributed by atoms with Crippen LogP contribution in [0.1, 0.15) is 12.0 Å². The van der Waals surface area contributed by atoms with Gasteiger partial charge in [0.1, 0.15) is 5.75 Å². The molecule has 1 heterocycles. The van der Waals surface area contributed by atoms with E-state index in [1.165, 1.54) is 23.5 Å². The van der Waals surface area contributed by atoms with Crippen LogP contribution < -0.4 is 10.1 Å². The first-order valence-corrected chi connectivity index (χ1v) is 10.1. The Morgan fingerprint density at radius 2 is 1.74 bits per heavy atom. The second kappa shape index (κ2) is 7.94.